The van der Waals surface area contributed by atoms with E-state index in [1.165, 1.54) is 0 Å². The smallest absolute Gasteiger partial charge is 0.253 e. The van der Waals surface area contributed by atoms with Gasteiger partial charge in [-0.25, -0.2) is 0 Å². The van der Waals surface area contributed by atoms with E-state index in [-0.39, 0.29) is 18.3 Å². The normalized spacial score (nSPS) is 21.3. The zero-order valence-electron chi connectivity index (χ0n) is 14.1. The molecule has 1 amide bonds. The summed E-state index contributed by atoms with van der Waals surface area (Å²) in [4.78, 5) is 17.4. The van der Waals surface area contributed by atoms with Crippen molar-refractivity contribution in [3.05, 3.63) is 46.4 Å². The van der Waals surface area contributed by atoms with Crippen LogP contribution in [-0.4, -0.2) is 61.0 Å². The molecule has 1 atom stereocenters. The number of halogens is 2. The second kappa shape index (κ2) is 8.04. The van der Waals surface area contributed by atoms with Crippen molar-refractivity contribution in [2.75, 3.05) is 39.3 Å². The minimum absolute atomic E-state index is 0. The molecule has 0 aliphatic carbocycles. The van der Waals surface area contributed by atoms with Crippen LogP contribution in [0.15, 0.2) is 40.9 Å². The van der Waals surface area contributed by atoms with Crippen molar-refractivity contribution in [1.82, 2.24) is 15.1 Å². The molecule has 134 valence electrons. The molecule has 1 N–H and O–H groups in total. The van der Waals surface area contributed by atoms with Gasteiger partial charge in [-0.3, -0.25) is 9.69 Å². The first kappa shape index (κ1) is 18.6. The highest BCUT2D eigenvalue weighted by Gasteiger charge is 2.31. The maximum atomic E-state index is 12.9. The average Bonchev–Trinajstić information content (AvgIpc) is 3.11. The van der Waals surface area contributed by atoms with Crippen LogP contribution in [0, 0.1) is 0 Å². The molecule has 0 spiro atoms. The first-order valence-corrected chi connectivity index (χ1v) is 9.43. The van der Waals surface area contributed by atoms with Crippen molar-refractivity contribution in [2.24, 2.45) is 0 Å². The van der Waals surface area contributed by atoms with Crippen LogP contribution in [0.1, 0.15) is 16.8 Å². The number of fused-ring (bicyclic) bond motifs is 1. The largest absolute Gasteiger partial charge is 0.337 e. The zero-order chi connectivity index (χ0) is 16.5. The fraction of sp³-hybridized carbons (Fsp3) is 0.421. The van der Waals surface area contributed by atoms with E-state index in [0.29, 0.717) is 6.04 Å². The van der Waals surface area contributed by atoms with Gasteiger partial charge in [0.15, 0.2) is 0 Å². The number of benzene rings is 2. The lowest BCUT2D eigenvalue weighted by Gasteiger charge is -2.32. The van der Waals surface area contributed by atoms with Crippen molar-refractivity contribution in [3.63, 3.8) is 0 Å². The summed E-state index contributed by atoms with van der Waals surface area (Å²) >= 11 is 3.49. The Morgan fingerprint density at radius 1 is 1.04 bits per heavy atom. The van der Waals surface area contributed by atoms with E-state index in [1.807, 2.05) is 29.2 Å². The van der Waals surface area contributed by atoms with Gasteiger partial charge in [-0.05, 0) is 41.5 Å². The molecule has 0 aromatic heterocycles. The number of hydrogen-bond acceptors (Lipinski definition) is 3. The summed E-state index contributed by atoms with van der Waals surface area (Å²) in [5, 5.41) is 5.66. The lowest BCUT2D eigenvalue weighted by atomic mass is 10.1. The SMILES string of the molecule is Cl.O=C(c1ccc2cc(Br)ccc2c1)N1CCC(N2CCNCC2)C1. The molecular weight excluding hydrogens is 402 g/mol. The molecule has 4 nitrogen and oxygen atoms in total. The summed E-state index contributed by atoms with van der Waals surface area (Å²) in [5.74, 6) is 0.164. The number of nitrogens with one attached hydrogen (secondary N) is 1. The third kappa shape index (κ3) is 4.00. The van der Waals surface area contributed by atoms with Crippen molar-refractivity contribution in [3.8, 4) is 0 Å². The fourth-order valence-electron chi connectivity index (χ4n) is 3.80. The second-order valence-electron chi connectivity index (χ2n) is 6.69. The highest BCUT2D eigenvalue weighted by Crippen LogP contribution is 2.23. The van der Waals surface area contributed by atoms with E-state index < -0.39 is 0 Å². The van der Waals surface area contributed by atoms with Crippen LogP contribution < -0.4 is 5.32 Å². The van der Waals surface area contributed by atoms with Gasteiger partial charge in [-0.2, -0.15) is 0 Å². The number of piperazine rings is 1. The molecule has 2 heterocycles. The lowest BCUT2D eigenvalue weighted by Crippen LogP contribution is -2.49. The Balaban J connectivity index is 0.00000182. The number of hydrogen-bond donors (Lipinski definition) is 1. The summed E-state index contributed by atoms with van der Waals surface area (Å²) in [6, 6.07) is 12.7. The van der Waals surface area contributed by atoms with Gasteiger partial charge in [-0.1, -0.05) is 28.1 Å². The first-order chi connectivity index (χ1) is 11.7. The maximum absolute atomic E-state index is 12.9. The molecule has 2 aliphatic rings. The first-order valence-electron chi connectivity index (χ1n) is 8.64. The molecule has 4 rings (SSSR count). The van der Waals surface area contributed by atoms with Crippen molar-refractivity contribution in [1.29, 1.82) is 0 Å². The second-order valence-corrected chi connectivity index (χ2v) is 7.60. The average molecular weight is 425 g/mol. The molecule has 2 aromatic rings. The van der Waals surface area contributed by atoms with Crippen molar-refractivity contribution < 1.29 is 4.79 Å². The zero-order valence-corrected chi connectivity index (χ0v) is 16.5. The molecular formula is C19H23BrClN3O. The maximum Gasteiger partial charge on any atom is 0.253 e. The van der Waals surface area contributed by atoms with Gasteiger partial charge in [0.05, 0.1) is 0 Å². The Kier molecular flexibility index (Phi) is 6.00. The predicted octanol–water partition coefficient (Wildman–Crippen LogP) is 3.14. The Hall–Kier alpha value is -1.14. The van der Waals surface area contributed by atoms with Crippen LogP contribution in [0.2, 0.25) is 0 Å². The highest BCUT2D eigenvalue weighted by molar-refractivity contribution is 9.10. The third-order valence-corrected chi connectivity index (χ3v) is 5.66. The molecule has 2 aliphatic heterocycles. The van der Waals surface area contributed by atoms with E-state index in [0.717, 1.165) is 66.5 Å². The van der Waals surface area contributed by atoms with Gasteiger partial charge in [-0.15, -0.1) is 12.4 Å². The lowest BCUT2D eigenvalue weighted by molar-refractivity contribution is 0.0773. The molecule has 0 saturated carbocycles. The van der Waals surface area contributed by atoms with E-state index in [4.69, 9.17) is 0 Å². The molecule has 0 bridgehead atoms. The van der Waals surface area contributed by atoms with E-state index in [2.05, 4.69) is 38.3 Å². The van der Waals surface area contributed by atoms with Gasteiger partial charge in [0, 0.05) is 55.3 Å². The van der Waals surface area contributed by atoms with Crippen LogP contribution in [-0.2, 0) is 0 Å². The van der Waals surface area contributed by atoms with Gasteiger partial charge in [0.25, 0.3) is 5.91 Å². The van der Waals surface area contributed by atoms with Crippen LogP contribution in [0.3, 0.4) is 0 Å². The van der Waals surface area contributed by atoms with Crippen LogP contribution >= 0.6 is 28.3 Å². The van der Waals surface area contributed by atoms with E-state index in [1.54, 1.807) is 0 Å². The summed E-state index contributed by atoms with van der Waals surface area (Å²) in [6.07, 6.45) is 1.09. The Bertz CT molecular complexity index is 763. The predicted molar refractivity (Wildman–Crippen MR) is 108 cm³/mol. The number of nitrogens with zero attached hydrogens (tertiary/aromatic N) is 2. The standard InChI is InChI=1S/C19H22BrN3O.ClH/c20-17-4-3-14-11-16(2-1-15(14)12-17)19(24)23-8-5-18(13-23)22-9-6-21-7-10-22;/h1-4,11-12,18,21H,5-10,13H2;1H. The molecule has 6 heteroatoms. The summed E-state index contributed by atoms with van der Waals surface area (Å²) in [7, 11) is 0. The number of carbonyl (C=O) groups excluding carboxylic acids is 1. The quantitative estimate of drug-likeness (QED) is 0.804. The molecule has 2 fully saturated rings. The molecule has 0 radical (unpaired) electrons. The minimum Gasteiger partial charge on any atom is -0.337 e. The Morgan fingerprint density at radius 2 is 1.76 bits per heavy atom. The Morgan fingerprint density at radius 3 is 2.56 bits per heavy atom. The van der Waals surface area contributed by atoms with Crippen LogP contribution in [0.5, 0.6) is 0 Å². The van der Waals surface area contributed by atoms with E-state index in [9.17, 15) is 4.79 Å². The monoisotopic (exact) mass is 423 g/mol. The van der Waals surface area contributed by atoms with Gasteiger partial charge in [0.2, 0.25) is 0 Å². The summed E-state index contributed by atoms with van der Waals surface area (Å²) in [5.41, 5.74) is 0.797. The molecule has 2 saturated heterocycles. The fourth-order valence-corrected chi connectivity index (χ4v) is 4.18. The van der Waals surface area contributed by atoms with Crippen molar-refractivity contribution in [2.45, 2.75) is 12.5 Å². The minimum atomic E-state index is 0. The van der Waals surface area contributed by atoms with Gasteiger partial charge < -0.3 is 10.2 Å². The summed E-state index contributed by atoms with van der Waals surface area (Å²) < 4.78 is 1.06. The number of rotatable bonds is 2. The van der Waals surface area contributed by atoms with Crippen LogP contribution in [0.4, 0.5) is 0 Å². The number of likely N-dealkylation sites (tertiary alicyclic amines) is 1. The highest BCUT2D eigenvalue weighted by atomic mass is 79.9. The molecule has 2 aromatic carbocycles. The molecule has 25 heavy (non-hydrogen) atoms. The van der Waals surface area contributed by atoms with Gasteiger partial charge >= 0.3 is 0 Å². The van der Waals surface area contributed by atoms with E-state index >= 15 is 0 Å². The van der Waals surface area contributed by atoms with Crippen molar-refractivity contribution >= 4 is 45.0 Å². The summed E-state index contributed by atoms with van der Waals surface area (Å²) in [6.45, 7) is 6.04. The topological polar surface area (TPSA) is 35.6 Å². The number of amides is 1. The van der Waals surface area contributed by atoms with Gasteiger partial charge in [0.1, 0.15) is 0 Å². The number of carbonyl (C=O) groups is 1. The molecule has 1 unspecified atom stereocenters. The third-order valence-electron chi connectivity index (χ3n) is 5.17. The Labute approximate surface area is 163 Å². The van der Waals surface area contributed by atoms with Crippen LogP contribution in [0.25, 0.3) is 10.8 Å².